The number of rotatable bonds is 10. The zero-order chi connectivity index (χ0) is 27.2. The average Bonchev–Trinajstić information content (AvgIpc) is 2.87. The van der Waals surface area contributed by atoms with Gasteiger partial charge in [0, 0.05) is 50.5 Å². The number of hydrogen-bond donors (Lipinski definition) is 1. The van der Waals surface area contributed by atoms with E-state index in [1.54, 1.807) is 32.4 Å². The van der Waals surface area contributed by atoms with Gasteiger partial charge in [-0.15, -0.1) is 0 Å². The summed E-state index contributed by atoms with van der Waals surface area (Å²) in [6.45, 7) is 5.05. The number of carbonyl (C=O) groups excluding carboxylic acids is 2. The highest BCUT2D eigenvalue weighted by molar-refractivity contribution is 5.99. The van der Waals surface area contributed by atoms with Crippen molar-refractivity contribution >= 4 is 17.5 Å². The number of halogens is 3. The molecule has 1 N–H and O–H groups in total. The lowest BCUT2D eigenvalue weighted by Crippen LogP contribution is -2.39. The maximum absolute atomic E-state index is 13.3. The van der Waals surface area contributed by atoms with Crippen molar-refractivity contribution in [3.63, 3.8) is 0 Å². The normalized spacial score (nSPS) is 15.5. The molecule has 3 rings (SSSR count). The van der Waals surface area contributed by atoms with Gasteiger partial charge in [0.2, 0.25) is 5.88 Å². The molecular formula is C26H33F3N4O4. The van der Waals surface area contributed by atoms with Crippen molar-refractivity contribution in [2.24, 2.45) is 5.92 Å². The first kappa shape index (κ1) is 28.4. The Morgan fingerprint density at radius 1 is 1.16 bits per heavy atom. The molecular weight excluding hydrogens is 489 g/mol. The molecule has 1 unspecified atom stereocenters. The molecule has 0 spiro atoms. The van der Waals surface area contributed by atoms with Gasteiger partial charge in [-0.05, 0) is 43.5 Å². The maximum atomic E-state index is 13.3. The number of anilines is 1. The Morgan fingerprint density at radius 3 is 2.49 bits per heavy atom. The van der Waals surface area contributed by atoms with Crippen molar-refractivity contribution in [2.45, 2.75) is 58.4 Å². The predicted octanol–water partition coefficient (Wildman–Crippen LogP) is 4.29. The number of methoxy groups -OCH3 is 1. The fourth-order valence-corrected chi connectivity index (χ4v) is 3.99. The molecule has 2 aromatic rings. The van der Waals surface area contributed by atoms with Gasteiger partial charge in [0.1, 0.15) is 11.6 Å². The molecule has 1 saturated heterocycles. The minimum Gasteiger partial charge on any atom is -0.468 e. The van der Waals surface area contributed by atoms with E-state index in [4.69, 9.17) is 9.47 Å². The van der Waals surface area contributed by atoms with Gasteiger partial charge in [0.25, 0.3) is 5.91 Å². The summed E-state index contributed by atoms with van der Waals surface area (Å²) in [6.07, 6.45) is -1.25. The summed E-state index contributed by atoms with van der Waals surface area (Å²) < 4.78 is 48.2. The Balaban J connectivity index is 1.80. The van der Waals surface area contributed by atoms with E-state index in [0.717, 1.165) is 5.56 Å². The van der Waals surface area contributed by atoms with Crippen LogP contribution in [0.5, 0.6) is 5.88 Å². The van der Waals surface area contributed by atoms with Crippen LogP contribution in [0.2, 0.25) is 0 Å². The Morgan fingerprint density at radius 2 is 1.86 bits per heavy atom. The van der Waals surface area contributed by atoms with Gasteiger partial charge in [0.15, 0.2) is 6.61 Å². The third-order valence-corrected chi connectivity index (χ3v) is 6.24. The quantitative estimate of drug-likeness (QED) is 0.498. The Hall–Kier alpha value is -3.21. The van der Waals surface area contributed by atoms with E-state index >= 15 is 0 Å². The van der Waals surface area contributed by atoms with Gasteiger partial charge in [-0.2, -0.15) is 18.2 Å². The fraction of sp³-hybridized carbons (Fsp3) is 0.538. The summed E-state index contributed by atoms with van der Waals surface area (Å²) in [5.41, 5.74) is 1.62. The number of aromatic nitrogens is 2. The van der Waals surface area contributed by atoms with Crippen LogP contribution in [0.4, 0.5) is 19.0 Å². The number of hydrogen-bond acceptors (Lipinski definition) is 7. The molecule has 0 bridgehead atoms. The molecule has 0 saturated carbocycles. The van der Waals surface area contributed by atoms with E-state index in [2.05, 4.69) is 15.3 Å². The molecule has 3 heterocycles. The molecule has 0 aliphatic carbocycles. The fourth-order valence-electron chi connectivity index (χ4n) is 3.99. The number of Topliss-reactive ketones (excluding diaryl/α,β-unsaturated/α-hetero) is 1. The van der Waals surface area contributed by atoms with E-state index in [1.165, 1.54) is 12.1 Å². The largest absolute Gasteiger partial charge is 0.468 e. The van der Waals surface area contributed by atoms with Crippen molar-refractivity contribution in [3.8, 4) is 5.88 Å². The second kappa shape index (κ2) is 12.4. The molecule has 0 aromatic carbocycles. The lowest BCUT2D eigenvalue weighted by atomic mass is 10.0. The monoisotopic (exact) mass is 522 g/mol. The summed E-state index contributed by atoms with van der Waals surface area (Å²) in [5, 5.41) is 2.93. The van der Waals surface area contributed by atoms with Crippen molar-refractivity contribution < 1.29 is 32.2 Å². The van der Waals surface area contributed by atoms with Crippen molar-refractivity contribution in [3.05, 3.63) is 47.3 Å². The molecule has 1 aliphatic rings. The first-order valence-electron chi connectivity index (χ1n) is 12.2. The number of piperidine rings is 1. The molecule has 0 radical (unpaired) electrons. The topological polar surface area (TPSA) is 93.7 Å². The molecule has 2 aromatic heterocycles. The van der Waals surface area contributed by atoms with Crippen LogP contribution in [0.1, 0.15) is 61.3 Å². The van der Waals surface area contributed by atoms with Crippen molar-refractivity contribution in [2.75, 3.05) is 31.7 Å². The van der Waals surface area contributed by atoms with Crippen molar-refractivity contribution in [1.82, 2.24) is 15.3 Å². The van der Waals surface area contributed by atoms with E-state index in [1.807, 2.05) is 18.7 Å². The number of ketones is 1. The lowest BCUT2D eigenvalue weighted by molar-refractivity contribution is -0.154. The Kier molecular flexibility index (Phi) is 9.47. The first-order chi connectivity index (χ1) is 17.5. The van der Waals surface area contributed by atoms with Crippen LogP contribution in [0.15, 0.2) is 30.5 Å². The molecule has 1 aliphatic heterocycles. The summed E-state index contributed by atoms with van der Waals surface area (Å²) in [4.78, 5) is 35.8. The van der Waals surface area contributed by atoms with Crippen LogP contribution in [0, 0.1) is 5.92 Å². The number of nitrogens with zero attached hydrogens (tertiary/aromatic N) is 3. The zero-order valence-electron chi connectivity index (χ0n) is 21.5. The minimum absolute atomic E-state index is 0.0710. The summed E-state index contributed by atoms with van der Waals surface area (Å²) in [6, 6.07) is 5.82. The van der Waals surface area contributed by atoms with E-state index < -0.39 is 24.7 Å². The van der Waals surface area contributed by atoms with E-state index in [9.17, 15) is 22.8 Å². The van der Waals surface area contributed by atoms with Crippen molar-refractivity contribution in [1.29, 1.82) is 0 Å². The Bertz CT molecular complexity index is 1090. The standard InChI is InChI=1S/C26H33F3N4O4/c1-16(2)22(34)14-19-13-18(7-10-30-19)17(3)31-25(35)21-5-6-23(37-15-26(27,28)29)32-24(21)33-11-8-20(36-4)9-12-33/h5-7,10,13,16-17,20H,8-9,11-12,14-15H2,1-4H3,(H,31,35). The van der Waals surface area contributed by atoms with Crippen LogP contribution in [-0.4, -0.2) is 60.7 Å². The third kappa shape index (κ3) is 8.14. The second-order valence-corrected chi connectivity index (χ2v) is 9.42. The highest BCUT2D eigenvalue weighted by atomic mass is 19.4. The average molecular weight is 523 g/mol. The number of ether oxygens (including phenoxy) is 2. The number of carbonyl (C=O) groups is 2. The molecule has 202 valence electrons. The second-order valence-electron chi connectivity index (χ2n) is 9.42. The van der Waals surface area contributed by atoms with Crippen LogP contribution in [-0.2, 0) is 16.0 Å². The van der Waals surface area contributed by atoms with Gasteiger partial charge < -0.3 is 19.7 Å². The lowest BCUT2D eigenvalue weighted by Gasteiger charge is -2.33. The molecule has 8 nitrogen and oxygen atoms in total. The van der Waals surface area contributed by atoms with Gasteiger partial charge in [0.05, 0.1) is 17.7 Å². The SMILES string of the molecule is COC1CCN(c2nc(OCC(F)(F)F)ccc2C(=O)NC(C)c2ccnc(CC(=O)C(C)C)c2)CC1. The number of amides is 1. The number of nitrogens with one attached hydrogen (secondary N) is 1. The molecule has 11 heteroatoms. The third-order valence-electron chi connectivity index (χ3n) is 6.24. The van der Waals surface area contributed by atoms with Gasteiger partial charge >= 0.3 is 6.18 Å². The van der Waals surface area contributed by atoms with E-state index in [0.29, 0.717) is 31.6 Å². The summed E-state index contributed by atoms with van der Waals surface area (Å²) in [7, 11) is 1.63. The van der Waals surface area contributed by atoms with Crippen LogP contribution in [0.25, 0.3) is 0 Å². The van der Waals surface area contributed by atoms with Gasteiger partial charge in [-0.1, -0.05) is 13.8 Å². The molecule has 1 fully saturated rings. The first-order valence-corrected chi connectivity index (χ1v) is 12.2. The predicted molar refractivity (Wildman–Crippen MR) is 132 cm³/mol. The maximum Gasteiger partial charge on any atom is 0.422 e. The highest BCUT2D eigenvalue weighted by Gasteiger charge is 2.30. The van der Waals surface area contributed by atoms with E-state index in [-0.39, 0.29) is 41.5 Å². The molecule has 1 amide bonds. The smallest absolute Gasteiger partial charge is 0.422 e. The van der Waals surface area contributed by atoms with Gasteiger partial charge in [-0.25, -0.2) is 0 Å². The van der Waals surface area contributed by atoms with Crippen LogP contribution in [0.3, 0.4) is 0 Å². The molecule has 37 heavy (non-hydrogen) atoms. The zero-order valence-corrected chi connectivity index (χ0v) is 21.5. The summed E-state index contributed by atoms with van der Waals surface area (Å²) in [5.74, 6) is -0.410. The highest BCUT2D eigenvalue weighted by Crippen LogP contribution is 2.27. The number of alkyl halides is 3. The summed E-state index contributed by atoms with van der Waals surface area (Å²) >= 11 is 0. The van der Waals surface area contributed by atoms with Crippen LogP contribution < -0.4 is 15.0 Å². The Labute approximate surface area is 214 Å². The molecule has 1 atom stereocenters. The minimum atomic E-state index is -4.51. The van der Waals surface area contributed by atoms with Crippen LogP contribution >= 0.6 is 0 Å². The van der Waals surface area contributed by atoms with Gasteiger partial charge in [-0.3, -0.25) is 14.6 Å². The number of pyridine rings is 2.